The molecule has 1 rings (SSSR count). The van der Waals surface area contributed by atoms with Gasteiger partial charge in [-0.2, -0.15) is 0 Å². The van der Waals surface area contributed by atoms with Crippen molar-refractivity contribution in [2.24, 2.45) is 0 Å². The molecule has 2 N–H and O–H groups in total. The Balaban J connectivity index is 2.97. The molecule has 0 aliphatic rings. The zero-order chi connectivity index (χ0) is 11.4. The van der Waals surface area contributed by atoms with Crippen LogP contribution in [0.25, 0.3) is 0 Å². The number of nitrogens with zero attached hydrogens (tertiary/aromatic N) is 1. The van der Waals surface area contributed by atoms with Crippen LogP contribution in [0.4, 0.5) is 4.39 Å². The molecule has 1 aromatic carbocycles. The molecule has 0 fully saturated rings. The minimum absolute atomic E-state index is 0.187. The van der Waals surface area contributed by atoms with Crippen molar-refractivity contribution in [1.82, 2.24) is 0 Å². The number of hydrogen-bond acceptors (Lipinski definition) is 4. The smallest absolute Gasteiger partial charge is 0.265 e. The van der Waals surface area contributed by atoms with Gasteiger partial charge in [-0.05, 0) is 6.07 Å². The molecule has 0 saturated carbocycles. The van der Waals surface area contributed by atoms with Crippen LogP contribution < -0.4 is 0 Å². The fraction of sp³-hybridized carbons (Fsp3) is 0.333. The van der Waals surface area contributed by atoms with Gasteiger partial charge in [-0.1, -0.05) is 18.2 Å². The molecule has 6 heteroatoms. The molecule has 0 aromatic heterocycles. The number of rotatable bonds is 4. The van der Waals surface area contributed by atoms with Crippen LogP contribution in [-0.2, 0) is 0 Å². The van der Waals surface area contributed by atoms with Crippen molar-refractivity contribution < 1.29 is 19.5 Å². The van der Waals surface area contributed by atoms with Crippen molar-refractivity contribution in [3.05, 3.63) is 45.8 Å². The molecule has 5 nitrogen and oxygen atoms in total. The first-order valence-electron chi connectivity index (χ1n) is 4.24. The Morgan fingerprint density at radius 3 is 2.53 bits per heavy atom. The first-order chi connectivity index (χ1) is 7.07. The Labute approximate surface area is 84.9 Å². The SMILES string of the molecule is O=[N+]([O-])C(CO)C(O)c1ccccc1F. The van der Waals surface area contributed by atoms with E-state index in [1.54, 1.807) is 0 Å². The van der Waals surface area contributed by atoms with Gasteiger partial charge in [0.05, 0.1) is 0 Å². The van der Waals surface area contributed by atoms with Crippen molar-refractivity contribution in [3.8, 4) is 0 Å². The maximum absolute atomic E-state index is 13.1. The third kappa shape index (κ3) is 2.48. The summed E-state index contributed by atoms with van der Waals surface area (Å²) in [6.07, 6.45) is -1.65. The Bertz CT molecular complexity index is 358. The molecule has 0 bridgehead atoms. The van der Waals surface area contributed by atoms with Crippen LogP contribution in [0.1, 0.15) is 11.7 Å². The van der Waals surface area contributed by atoms with Crippen molar-refractivity contribution in [2.75, 3.05) is 6.61 Å². The number of benzene rings is 1. The van der Waals surface area contributed by atoms with Crippen LogP contribution >= 0.6 is 0 Å². The predicted octanol–water partition coefficient (Wildman–Crippen LogP) is 0.497. The topological polar surface area (TPSA) is 83.6 Å². The van der Waals surface area contributed by atoms with Crippen LogP contribution in [0.5, 0.6) is 0 Å². The molecule has 2 atom stereocenters. The van der Waals surface area contributed by atoms with Crippen LogP contribution in [0, 0.1) is 15.9 Å². The van der Waals surface area contributed by atoms with E-state index in [4.69, 9.17) is 5.11 Å². The molecule has 0 spiro atoms. The van der Waals surface area contributed by atoms with E-state index in [9.17, 15) is 19.6 Å². The largest absolute Gasteiger partial charge is 0.389 e. The van der Waals surface area contributed by atoms with Crippen LogP contribution in [0.3, 0.4) is 0 Å². The van der Waals surface area contributed by atoms with E-state index < -0.39 is 29.5 Å². The summed E-state index contributed by atoms with van der Waals surface area (Å²) in [5.41, 5.74) is -0.187. The minimum atomic E-state index is -1.65. The molecule has 2 unspecified atom stereocenters. The van der Waals surface area contributed by atoms with Crippen molar-refractivity contribution >= 4 is 0 Å². The van der Waals surface area contributed by atoms with Gasteiger partial charge in [-0.3, -0.25) is 10.1 Å². The first kappa shape index (κ1) is 11.5. The summed E-state index contributed by atoms with van der Waals surface area (Å²) in [6.45, 7) is -0.845. The molecule has 0 aliphatic carbocycles. The lowest BCUT2D eigenvalue weighted by atomic mass is 10.0. The highest BCUT2D eigenvalue weighted by Gasteiger charge is 2.31. The van der Waals surface area contributed by atoms with Gasteiger partial charge in [-0.15, -0.1) is 0 Å². The van der Waals surface area contributed by atoms with Gasteiger partial charge in [0.15, 0.2) is 6.10 Å². The quantitative estimate of drug-likeness (QED) is 0.565. The Morgan fingerprint density at radius 2 is 2.07 bits per heavy atom. The lowest BCUT2D eigenvalue weighted by molar-refractivity contribution is -0.539. The monoisotopic (exact) mass is 215 g/mol. The summed E-state index contributed by atoms with van der Waals surface area (Å²) in [4.78, 5) is 9.58. The molecular weight excluding hydrogens is 205 g/mol. The molecule has 0 aliphatic heterocycles. The minimum Gasteiger partial charge on any atom is -0.389 e. The lowest BCUT2D eigenvalue weighted by Gasteiger charge is -2.14. The number of aliphatic hydroxyl groups is 2. The van der Waals surface area contributed by atoms with Gasteiger partial charge < -0.3 is 10.2 Å². The molecule has 15 heavy (non-hydrogen) atoms. The number of nitro groups is 1. The standard InChI is InChI=1S/C9H10FNO4/c10-7-4-2-1-3-6(7)9(13)8(5-12)11(14)15/h1-4,8-9,12-13H,5H2. The lowest BCUT2D eigenvalue weighted by Crippen LogP contribution is -2.31. The van der Waals surface area contributed by atoms with E-state index >= 15 is 0 Å². The third-order valence-electron chi connectivity index (χ3n) is 2.05. The second-order valence-corrected chi connectivity index (χ2v) is 3.00. The van der Waals surface area contributed by atoms with E-state index in [1.807, 2.05) is 0 Å². The highest BCUT2D eigenvalue weighted by atomic mass is 19.1. The zero-order valence-electron chi connectivity index (χ0n) is 7.71. The van der Waals surface area contributed by atoms with E-state index in [0.29, 0.717) is 0 Å². The molecule has 0 amide bonds. The van der Waals surface area contributed by atoms with E-state index in [2.05, 4.69) is 0 Å². The normalized spacial score (nSPS) is 14.6. The van der Waals surface area contributed by atoms with Gasteiger partial charge >= 0.3 is 0 Å². The second kappa shape index (κ2) is 4.81. The summed E-state index contributed by atoms with van der Waals surface area (Å²) < 4.78 is 13.1. The Hall–Kier alpha value is -1.53. The maximum atomic E-state index is 13.1. The van der Waals surface area contributed by atoms with Crippen molar-refractivity contribution in [3.63, 3.8) is 0 Å². The van der Waals surface area contributed by atoms with Gasteiger partial charge in [0.2, 0.25) is 0 Å². The second-order valence-electron chi connectivity index (χ2n) is 3.00. The van der Waals surface area contributed by atoms with E-state index in [1.165, 1.54) is 18.2 Å². The summed E-state index contributed by atoms with van der Waals surface area (Å²) in [7, 11) is 0. The zero-order valence-corrected chi connectivity index (χ0v) is 7.71. The van der Waals surface area contributed by atoms with E-state index in [-0.39, 0.29) is 5.56 Å². The number of hydrogen-bond donors (Lipinski definition) is 2. The Morgan fingerprint density at radius 1 is 1.47 bits per heavy atom. The molecule has 0 radical (unpaired) electrons. The van der Waals surface area contributed by atoms with Gasteiger partial charge in [0, 0.05) is 10.5 Å². The van der Waals surface area contributed by atoms with Crippen LogP contribution in [0.15, 0.2) is 24.3 Å². The summed E-state index contributed by atoms with van der Waals surface area (Å²) >= 11 is 0. The van der Waals surface area contributed by atoms with E-state index in [0.717, 1.165) is 6.07 Å². The Kier molecular flexibility index (Phi) is 3.70. The number of aliphatic hydroxyl groups excluding tert-OH is 2. The van der Waals surface area contributed by atoms with Gasteiger partial charge in [0.25, 0.3) is 6.04 Å². The van der Waals surface area contributed by atoms with Crippen LogP contribution in [0.2, 0.25) is 0 Å². The fourth-order valence-corrected chi connectivity index (χ4v) is 1.20. The van der Waals surface area contributed by atoms with Crippen molar-refractivity contribution in [2.45, 2.75) is 12.1 Å². The molecule has 82 valence electrons. The molecule has 1 aromatic rings. The van der Waals surface area contributed by atoms with Gasteiger partial charge in [0.1, 0.15) is 12.4 Å². The van der Waals surface area contributed by atoms with Crippen molar-refractivity contribution in [1.29, 1.82) is 0 Å². The third-order valence-corrected chi connectivity index (χ3v) is 2.05. The maximum Gasteiger partial charge on any atom is 0.265 e. The summed E-state index contributed by atoms with van der Waals surface area (Å²) in [6, 6.07) is 3.59. The molecule has 0 saturated heterocycles. The molecular formula is C9H10FNO4. The summed E-state index contributed by atoms with van der Waals surface area (Å²) in [5.74, 6) is -0.731. The number of halogens is 1. The fourth-order valence-electron chi connectivity index (χ4n) is 1.20. The van der Waals surface area contributed by atoms with Crippen LogP contribution in [-0.4, -0.2) is 27.8 Å². The highest BCUT2D eigenvalue weighted by Crippen LogP contribution is 2.21. The molecule has 0 heterocycles. The predicted molar refractivity (Wildman–Crippen MR) is 49.2 cm³/mol. The average Bonchev–Trinajstić information content (AvgIpc) is 2.18. The first-order valence-corrected chi connectivity index (χ1v) is 4.24. The summed E-state index contributed by atoms with van der Waals surface area (Å²) in [5, 5.41) is 28.6. The highest BCUT2D eigenvalue weighted by molar-refractivity contribution is 5.20. The van der Waals surface area contributed by atoms with Gasteiger partial charge in [-0.25, -0.2) is 4.39 Å². The average molecular weight is 215 g/mol.